The molecule has 0 N–H and O–H groups in total. The van der Waals surface area contributed by atoms with Crippen molar-refractivity contribution in [2.24, 2.45) is 0 Å². The van der Waals surface area contributed by atoms with Crippen molar-refractivity contribution >= 4 is 18.6 Å². The van der Waals surface area contributed by atoms with Crippen LogP contribution in [-0.4, -0.2) is 39.5 Å². The van der Waals surface area contributed by atoms with Crippen LogP contribution in [0.2, 0.25) is 0 Å². The average Bonchev–Trinajstić information content (AvgIpc) is 2.40. The van der Waals surface area contributed by atoms with Gasteiger partial charge in [0.05, 0.1) is 25.4 Å². The third-order valence-electron chi connectivity index (χ3n) is 2.54. The molecule has 0 aromatic heterocycles. The SMILES string of the molecule is COCCOCCCOC(=O)c1cc(S)ccc1C. The van der Waals surface area contributed by atoms with Gasteiger partial charge in [-0.3, -0.25) is 0 Å². The van der Waals surface area contributed by atoms with E-state index in [0.717, 1.165) is 10.5 Å². The predicted octanol–water partition coefficient (Wildman–Crippen LogP) is 2.49. The Labute approximate surface area is 119 Å². The Morgan fingerprint density at radius 3 is 2.74 bits per heavy atom. The predicted molar refractivity (Wildman–Crippen MR) is 76.0 cm³/mol. The summed E-state index contributed by atoms with van der Waals surface area (Å²) in [7, 11) is 1.63. The second kappa shape index (κ2) is 8.96. The number of benzene rings is 1. The molecule has 1 rings (SSSR count). The Kier molecular flexibility index (Phi) is 7.55. The van der Waals surface area contributed by atoms with E-state index in [1.807, 2.05) is 19.1 Å². The van der Waals surface area contributed by atoms with Gasteiger partial charge in [-0.2, -0.15) is 0 Å². The van der Waals surface area contributed by atoms with Crippen molar-refractivity contribution in [1.29, 1.82) is 0 Å². The summed E-state index contributed by atoms with van der Waals surface area (Å²) in [6.07, 6.45) is 0.676. The van der Waals surface area contributed by atoms with Gasteiger partial charge in [0.1, 0.15) is 0 Å². The number of methoxy groups -OCH3 is 1. The van der Waals surface area contributed by atoms with Crippen molar-refractivity contribution < 1.29 is 19.0 Å². The van der Waals surface area contributed by atoms with E-state index in [2.05, 4.69) is 12.6 Å². The number of carbonyl (C=O) groups is 1. The largest absolute Gasteiger partial charge is 0.462 e. The number of aryl methyl sites for hydroxylation is 1. The minimum atomic E-state index is -0.315. The molecule has 0 aliphatic rings. The van der Waals surface area contributed by atoms with Crippen LogP contribution in [0.4, 0.5) is 0 Å². The van der Waals surface area contributed by atoms with Crippen molar-refractivity contribution in [2.75, 3.05) is 33.5 Å². The van der Waals surface area contributed by atoms with E-state index in [-0.39, 0.29) is 5.97 Å². The van der Waals surface area contributed by atoms with Gasteiger partial charge < -0.3 is 14.2 Å². The zero-order valence-electron chi connectivity index (χ0n) is 11.3. The first kappa shape index (κ1) is 16.0. The summed E-state index contributed by atoms with van der Waals surface area (Å²) in [5.41, 5.74) is 1.45. The molecule has 0 atom stereocenters. The van der Waals surface area contributed by atoms with E-state index in [4.69, 9.17) is 14.2 Å². The molecule has 1 aromatic carbocycles. The first-order valence-corrected chi connectivity index (χ1v) is 6.63. The molecular weight excluding hydrogens is 264 g/mol. The van der Waals surface area contributed by atoms with Crippen LogP contribution >= 0.6 is 12.6 Å². The van der Waals surface area contributed by atoms with Gasteiger partial charge in [0.15, 0.2) is 0 Å². The van der Waals surface area contributed by atoms with Crippen LogP contribution in [0.5, 0.6) is 0 Å². The number of carbonyl (C=O) groups excluding carboxylic acids is 1. The Bertz CT molecular complexity index is 406. The monoisotopic (exact) mass is 284 g/mol. The van der Waals surface area contributed by atoms with E-state index in [9.17, 15) is 4.79 Å². The Hall–Kier alpha value is -1.04. The van der Waals surface area contributed by atoms with Crippen LogP contribution in [0, 0.1) is 6.92 Å². The van der Waals surface area contributed by atoms with Gasteiger partial charge in [-0.25, -0.2) is 4.79 Å². The standard InChI is InChI=1S/C14H20O4S/c1-11-4-5-12(19)10-13(11)14(15)18-7-3-6-17-9-8-16-2/h4-5,10,19H,3,6-9H2,1-2H3. The molecule has 5 heteroatoms. The van der Waals surface area contributed by atoms with E-state index >= 15 is 0 Å². The lowest BCUT2D eigenvalue weighted by Crippen LogP contribution is -2.10. The van der Waals surface area contributed by atoms with Crippen molar-refractivity contribution in [3.05, 3.63) is 29.3 Å². The number of thiol groups is 1. The highest BCUT2D eigenvalue weighted by Crippen LogP contribution is 2.15. The first-order valence-electron chi connectivity index (χ1n) is 6.18. The fourth-order valence-corrected chi connectivity index (χ4v) is 1.68. The molecule has 0 spiro atoms. The Balaban J connectivity index is 2.26. The normalized spacial score (nSPS) is 10.5. The third-order valence-corrected chi connectivity index (χ3v) is 2.82. The molecule has 0 saturated heterocycles. The van der Waals surface area contributed by atoms with Crippen LogP contribution in [0.3, 0.4) is 0 Å². The molecule has 0 unspecified atom stereocenters. The minimum absolute atomic E-state index is 0.315. The van der Waals surface area contributed by atoms with Gasteiger partial charge in [-0.1, -0.05) is 6.07 Å². The van der Waals surface area contributed by atoms with Crippen molar-refractivity contribution in [3.8, 4) is 0 Å². The van der Waals surface area contributed by atoms with Crippen LogP contribution in [-0.2, 0) is 14.2 Å². The molecule has 0 radical (unpaired) electrons. The van der Waals surface area contributed by atoms with E-state index in [1.54, 1.807) is 13.2 Å². The highest BCUT2D eigenvalue weighted by atomic mass is 32.1. The van der Waals surface area contributed by atoms with Gasteiger partial charge in [0.25, 0.3) is 0 Å². The molecule has 0 saturated carbocycles. The topological polar surface area (TPSA) is 44.8 Å². The maximum atomic E-state index is 11.8. The number of hydrogen-bond donors (Lipinski definition) is 1. The van der Waals surface area contributed by atoms with Crippen LogP contribution < -0.4 is 0 Å². The van der Waals surface area contributed by atoms with Crippen molar-refractivity contribution in [1.82, 2.24) is 0 Å². The molecule has 0 aliphatic carbocycles. The van der Waals surface area contributed by atoms with Gasteiger partial charge in [-0.15, -0.1) is 12.6 Å². The summed E-state index contributed by atoms with van der Waals surface area (Å²) in [5, 5.41) is 0. The molecule has 4 nitrogen and oxygen atoms in total. The molecule has 0 amide bonds. The molecule has 19 heavy (non-hydrogen) atoms. The van der Waals surface area contributed by atoms with Crippen molar-refractivity contribution in [3.63, 3.8) is 0 Å². The number of hydrogen-bond acceptors (Lipinski definition) is 5. The lowest BCUT2D eigenvalue weighted by molar-refractivity contribution is 0.0385. The van der Waals surface area contributed by atoms with Gasteiger partial charge in [-0.05, 0) is 24.6 Å². The second-order valence-corrected chi connectivity index (χ2v) is 4.61. The number of rotatable bonds is 8. The molecule has 1 aromatic rings. The van der Waals surface area contributed by atoms with Gasteiger partial charge in [0, 0.05) is 25.0 Å². The summed E-state index contributed by atoms with van der Waals surface area (Å²) in [6, 6.07) is 5.42. The van der Waals surface area contributed by atoms with Gasteiger partial charge >= 0.3 is 5.97 Å². The molecule has 0 bridgehead atoms. The fourth-order valence-electron chi connectivity index (χ4n) is 1.48. The molecular formula is C14H20O4S. The number of ether oxygens (including phenoxy) is 3. The summed E-state index contributed by atoms with van der Waals surface area (Å²) < 4.78 is 15.3. The third kappa shape index (κ3) is 6.09. The van der Waals surface area contributed by atoms with Gasteiger partial charge in [0.2, 0.25) is 0 Å². The lowest BCUT2D eigenvalue weighted by Gasteiger charge is -2.08. The summed E-state index contributed by atoms with van der Waals surface area (Å²) in [6.45, 7) is 3.92. The Morgan fingerprint density at radius 1 is 1.21 bits per heavy atom. The van der Waals surface area contributed by atoms with E-state index in [0.29, 0.717) is 38.4 Å². The maximum Gasteiger partial charge on any atom is 0.338 e. The molecule has 0 fully saturated rings. The minimum Gasteiger partial charge on any atom is -0.462 e. The molecule has 0 heterocycles. The average molecular weight is 284 g/mol. The van der Waals surface area contributed by atoms with Crippen LogP contribution in [0.1, 0.15) is 22.3 Å². The highest BCUT2D eigenvalue weighted by Gasteiger charge is 2.10. The zero-order chi connectivity index (χ0) is 14.1. The second-order valence-electron chi connectivity index (χ2n) is 4.09. The van der Waals surface area contributed by atoms with Crippen LogP contribution in [0.15, 0.2) is 23.1 Å². The summed E-state index contributed by atoms with van der Waals surface area (Å²) >= 11 is 4.21. The van der Waals surface area contributed by atoms with Crippen LogP contribution in [0.25, 0.3) is 0 Å². The quantitative estimate of drug-likeness (QED) is 0.452. The maximum absolute atomic E-state index is 11.8. The fraction of sp³-hybridized carbons (Fsp3) is 0.500. The lowest BCUT2D eigenvalue weighted by atomic mass is 10.1. The summed E-state index contributed by atoms with van der Waals surface area (Å²) in [4.78, 5) is 12.6. The Morgan fingerprint density at radius 2 is 2.00 bits per heavy atom. The van der Waals surface area contributed by atoms with E-state index in [1.165, 1.54) is 0 Å². The molecule has 106 valence electrons. The zero-order valence-corrected chi connectivity index (χ0v) is 12.2. The van der Waals surface area contributed by atoms with E-state index < -0.39 is 0 Å². The number of esters is 1. The van der Waals surface area contributed by atoms with Crippen molar-refractivity contribution in [2.45, 2.75) is 18.2 Å². The molecule has 0 aliphatic heterocycles. The smallest absolute Gasteiger partial charge is 0.338 e. The first-order chi connectivity index (χ1) is 9.15. The summed E-state index contributed by atoms with van der Waals surface area (Å²) in [5.74, 6) is -0.315. The highest BCUT2D eigenvalue weighted by molar-refractivity contribution is 7.80.